The minimum absolute atomic E-state index is 0.00995. The summed E-state index contributed by atoms with van der Waals surface area (Å²) in [7, 11) is 0. The van der Waals surface area contributed by atoms with E-state index in [0.717, 1.165) is 11.6 Å². The Labute approximate surface area is 166 Å². The van der Waals surface area contributed by atoms with Crippen molar-refractivity contribution in [2.45, 2.75) is 25.3 Å². The molecule has 0 radical (unpaired) electrons. The lowest BCUT2D eigenvalue weighted by Crippen LogP contribution is -2.33. The lowest BCUT2D eigenvalue weighted by atomic mass is 10.1. The molecule has 152 valence electrons. The number of aromatic nitrogens is 1. The van der Waals surface area contributed by atoms with E-state index in [2.05, 4.69) is 15.0 Å². The first-order chi connectivity index (χ1) is 13.8. The maximum atomic E-state index is 12.0. The minimum atomic E-state index is -0.951. The predicted molar refractivity (Wildman–Crippen MR) is 102 cm³/mol. The van der Waals surface area contributed by atoms with E-state index in [1.807, 2.05) is 6.07 Å². The summed E-state index contributed by atoms with van der Waals surface area (Å²) in [6.07, 6.45) is 4.36. The van der Waals surface area contributed by atoms with Crippen LogP contribution in [-0.4, -0.2) is 40.3 Å². The molecular formula is C19H20N4O6. The fourth-order valence-electron chi connectivity index (χ4n) is 2.43. The summed E-state index contributed by atoms with van der Waals surface area (Å²) in [5.41, 5.74) is 6.62. The first-order valence-corrected chi connectivity index (χ1v) is 8.76. The Kier molecular flexibility index (Phi) is 7.92. The zero-order valence-electron chi connectivity index (χ0n) is 15.4. The number of esters is 2. The van der Waals surface area contributed by atoms with Crippen LogP contribution in [0.1, 0.15) is 28.8 Å². The van der Waals surface area contributed by atoms with E-state index in [0.29, 0.717) is 12.8 Å². The van der Waals surface area contributed by atoms with Crippen molar-refractivity contribution in [3.05, 3.63) is 70.0 Å². The number of nitro benzene ring substituents is 1. The molecule has 3 N–H and O–H groups in total. The van der Waals surface area contributed by atoms with Gasteiger partial charge in [0.15, 0.2) is 0 Å². The number of benzene rings is 1. The monoisotopic (exact) mass is 400 g/mol. The van der Waals surface area contributed by atoms with Crippen molar-refractivity contribution in [3.8, 4) is 0 Å². The van der Waals surface area contributed by atoms with Crippen LogP contribution in [0.4, 0.5) is 5.69 Å². The van der Waals surface area contributed by atoms with E-state index in [1.54, 1.807) is 18.5 Å². The number of nitro groups is 1. The molecule has 1 aromatic heterocycles. The summed E-state index contributed by atoms with van der Waals surface area (Å²) in [4.78, 5) is 49.5. The Morgan fingerprint density at radius 3 is 2.69 bits per heavy atom. The van der Waals surface area contributed by atoms with Gasteiger partial charge in [0.2, 0.25) is 0 Å². The average Bonchev–Trinajstić information content (AvgIpc) is 2.71. The fraction of sp³-hybridized carbons (Fsp3) is 0.263. The molecule has 1 heterocycles. The molecule has 0 bridgehead atoms. The smallest absolute Gasteiger partial charge is 0.333 e. The number of amides is 1. The third kappa shape index (κ3) is 7.46. The van der Waals surface area contributed by atoms with Crippen molar-refractivity contribution >= 4 is 23.5 Å². The van der Waals surface area contributed by atoms with Crippen LogP contribution in [0.3, 0.4) is 0 Å². The Bertz CT molecular complexity index is 887. The van der Waals surface area contributed by atoms with Crippen molar-refractivity contribution in [1.82, 2.24) is 10.3 Å². The van der Waals surface area contributed by atoms with Gasteiger partial charge in [-0.3, -0.25) is 24.7 Å². The SMILES string of the molecule is NC(CCc1cccnc1)CC(=O)OC(=O)CNC(=O)c1cccc([N+](=O)[O-])c1. The maximum absolute atomic E-state index is 12.0. The van der Waals surface area contributed by atoms with Crippen molar-refractivity contribution in [1.29, 1.82) is 0 Å². The number of hydrogen-bond acceptors (Lipinski definition) is 8. The molecule has 1 atom stereocenters. The molecule has 1 aromatic carbocycles. The highest BCUT2D eigenvalue weighted by Crippen LogP contribution is 2.12. The third-order valence-corrected chi connectivity index (χ3v) is 3.90. The van der Waals surface area contributed by atoms with Crippen molar-refractivity contribution in [2.75, 3.05) is 6.54 Å². The van der Waals surface area contributed by atoms with E-state index in [9.17, 15) is 24.5 Å². The zero-order valence-corrected chi connectivity index (χ0v) is 15.4. The molecule has 0 aliphatic rings. The number of nitrogens with two attached hydrogens (primary N) is 1. The van der Waals surface area contributed by atoms with Crippen LogP contribution in [0.25, 0.3) is 0 Å². The van der Waals surface area contributed by atoms with E-state index in [4.69, 9.17) is 5.73 Å². The number of nitrogens with zero attached hydrogens (tertiary/aromatic N) is 2. The number of pyridine rings is 1. The van der Waals surface area contributed by atoms with Crippen LogP contribution < -0.4 is 11.1 Å². The van der Waals surface area contributed by atoms with Crippen LogP contribution >= 0.6 is 0 Å². The fourth-order valence-corrected chi connectivity index (χ4v) is 2.43. The van der Waals surface area contributed by atoms with Gasteiger partial charge in [-0.1, -0.05) is 12.1 Å². The standard InChI is InChI=1S/C19H20N4O6/c20-15(7-6-13-3-2-8-21-11-13)10-17(24)29-18(25)12-22-19(26)14-4-1-5-16(9-14)23(27)28/h1-5,8-9,11,15H,6-7,10,12,20H2,(H,22,26). The Hall–Kier alpha value is -3.66. The minimum Gasteiger partial charge on any atom is -0.392 e. The second-order valence-electron chi connectivity index (χ2n) is 6.20. The largest absolute Gasteiger partial charge is 0.392 e. The molecule has 0 saturated carbocycles. The molecule has 0 aliphatic heterocycles. The van der Waals surface area contributed by atoms with Gasteiger partial charge in [-0.25, -0.2) is 4.79 Å². The summed E-state index contributed by atoms with van der Waals surface area (Å²) in [5, 5.41) is 13.0. The Morgan fingerprint density at radius 1 is 1.21 bits per heavy atom. The molecule has 0 saturated heterocycles. The molecule has 2 aromatic rings. The van der Waals surface area contributed by atoms with Crippen LogP contribution in [0.2, 0.25) is 0 Å². The van der Waals surface area contributed by atoms with E-state index >= 15 is 0 Å². The van der Waals surface area contributed by atoms with Crippen molar-refractivity contribution in [3.63, 3.8) is 0 Å². The predicted octanol–water partition coefficient (Wildman–Crippen LogP) is 1.14. The summed E-state index contributed by atoms with van der Waals surface area (Å²) >= 11 is 0. The van der Waals surface area contributed by atoms with Gasteiger partial charge in [-0.2, -0.15) is 0 Å². The molecule has 0 spiro atoms. The number of carbonyl (C=O) groups excluding carboxylic acids is 3. The van der Waals surface area contributed by atoms with Gasteiger partial charge < -0.3 is 15.8 Å². The van der Waals surface area contributed by atoms with Crippen LogP contribution in [0.15, 0.2) is 48.8 Å². The van der Waals surface area contributed by atoms with Crippen LogP contribution in [0, 0.1) is 10.1 Å². The molecule has 1 amide bonds. The van der Waals surface area contributed by atoms with E-state index in [-0.39, 0.29) is 17.7 Å². The van der Waals surface area contributed by atoms with Gasteiger partial charge in [-0.15, -0.1) is 0 Å². The van der Waals surface area contributed by atoms with Gasteiger partial charge in [0.1, 0.15) is 6.54 Å². The zero-order chi connectivity index (χ0) is 21.2. The van der Waals surface area contributed by atoms with Gasteiger partial charge >= 0.3 is 11.9 Å². The second-order valence-corrected chi connectivity index (χ2v) is 6.20. The number of carbonyl (C=O) groups is 3. The molecular weight excluding hydrogens is 380 g/mol. The topological polar surface area (TPSA) is 155 Å². The van der Waals surface area contributed by atoms with Crippen molar-refractivity contribution < 1.29 is 24.0 Å². The molecule has 29 heavy (non-hydrogen) atoms. The van der Waals surface area contributed by atoms with E-state index in [1.165, 1.54) is 18.2 Å². The molecule has 10 nitrogen and oxygen atoms in total. The van der Waals surface area contributed by atoms with Gasteiger partial charge in [0.05, 0.1) is 11.3 Å². The highest BCUT2D eigenvalue weighted by atomic mass is 16.6. The Morgan fingerprint density at radius 2 is 2.00 bits per heavy atom. The lowest BCUT2D eigenvalue weighted by molar-refractivity contribution is -0.384. The molecule has 1 unspecified atom stereocenters. The molecule has 2 rings (SSSR count). The third-order valence-electron chi connectivity index (χ3n) is 3.90. The number of rotatable bonds is 9. The summed E-state index contributed by atoms with van der Waals surface area (Å²) in [5.74, 6) is -2.45. The highest BCUT2D eigenvalue weighted by Gasteiger charge is 2.17. The van der Waals surface area contributed by atoms with Crippen LogP contribution in [-0.2, 0) is 20.7 Å². The Balaban J connectivity index is 1.72. The quantitative estimate of drug-likeness (QED) is 0.275. The normalized spacial score (nSPS) is 11.3. The average molecular weight is 400 g/mol. The number of non-ortho nitro benzene ring substituents is 1. The highest BCUT2D eigenvalue weighted by molar-refractivity contribution is 5.97. The molecule has 10 heteroatoms. The van der Waals surface area contributed by atoms with Gasteiger partial charge in [0, 0.05) is 36.1 Å². The first kappa shape index (κ1) is 21.6. The van der Waals surface area contributed by atoms with E-state index < -0.39 is 35.4 Å². The maximum Gasteiger partial charge on any atom is 0.333 e. The first-order valence-electron chi connectivity index (χ1n) is 8.76. The van der Waals surface area contributed by atoms with Crippen LogP contribution in [0.5, 0.6) is 0 Å². The summed E-state index contributed by atoms with van der Waals surface area (Å²) in [6, 6.07) is 8.23. The van der Waals surface area contributed by atoms with Gasteiger partial charge in [0.25, 0.3) is 11.6 Å². The lowest BCUT2D eigenvalue weighted by Gasteiger charge is -2.10. The number of nitrogens with one attached hydrogen (secondary N) is 1. The van der Waals surface area contributed by atoms with Gasteiger partial charge in [-0.05, 0) is 30.5 Å². The molecule has 0 fully saturated rings. The van der Waals surface area contributed by atoms with Crippen molar-refractivity contribution in [2.24, 2.45) is 5.73 Å². The molecule has 0 aliphatic carbocycles. The number of hydrogen-bond donors (Lipinski definition) is 2. The number of aryl methyl sites for hydroxylation is 1. The number of ether oxygens (including phenoxy) is 1. The summed E-state index contributed by atoms with van der Waals surface area (Å²) < 4.78 is 4.63. The second kappa shape index (κ2) is 10.6. The summed E-state index contributed by atoms with van der Waals surface area (Å²) in [6.45, 7) is -0.557.